The standard InChI is InChI=1S/C31H23N5/c1-19-7-6-8-22(15-19)23-13-14-27-26-9-4-5-10-28(26)36(30(27)16-23)29-17-24(11-12-25(29)18-32)31-34-20(2)33-21(3)35-31/h4-17H,1-3H3. The van der Waals surface area contributed by atoms with Gasteiger partial charge < -0.3 is 4.57 Å². The van der Waals surface area contributed by atoms with Crippen molar-refractivity contribution in [2.45, 2.75) is 20.8 Å². The van der Waals surface area contributed by atoms with Crippen molar-refractivity contribution in [2.75, 3.05) is 0 Å². The summed E-state index contributed by atoms with van der Waals surface area (Å²) in [6.07, 6.45) is 0. The lowest BCUT2D eigenvalue weighted by Gasteiger charge is -2.13. The molecule has 0 amide bonds. The Morgan fingerprint density at radius 1 is 0.639 bits per heavy atom. The van der Waals surface area contributed by atoms with Crippen LogP contribution in [0.5, 0.6) is 0 Å². The topological polar surface area (TPSA) is 67.4 Å². The van der Waals surface area contributed by atoms with Gasteiger partial charge in [-0.2, -0.15) is 5.26 Å². The van der Waals surface area contributed by atoms with Crippen molar-refractivity contribution in [1.82, 2.24) is 19.5 Å². The SMILES string of the molecule is Cc1cccc(-c2ccc3c4ccccc4n(-c4cc(-c5nc(C)nc(C)n5)ccc4C#N)c3c2)c1. The molecule has 5 heteroatoms. The summed E-state index contributed by atoms with van der Waals surface area (Å²) in [5.74, 6) is 1.94. The molecular weight excluding hydrogens is 442 g/mol. The van der Waals surface area contributed by atoms with E-state index in [0.717, 1.165) is 38.6 Å². The van der Waals surface area contributed by atoms with Crippen molar-refractivity contribution in [3.63, 3.8) is 0 Å². The van der Waals surface area contributed by atoms with Crippen LogP contribution in [-0.4, -0.2) is 19.5 Å². The molecule has 172 valence electrons. The summed E-state index contributed by atoms with van der Waals surface area (Å²) in [6, 6.07) is 31.6. The molecule has 0 fully saturated rings. The van der Waals surface area contributed by atoms with Gasteiger partial charge >= 0.3 is 0 Å². The second-order valence-electron chi connectivity index (χ2n) is 9.05. The van der Waals surface area contributed by atoms with E-state index in [1.165, 1.54) is 11.1 Å². The molecule has 0 aliphatic carbocycles. The maximum atomic E-state index is 10.1. The summed E-state index contributed by atoms with van der Waals surface area (Å²) in [6.45, 7) is 5.83. The number of fused-ring (bicyclic) bond motifs is 3. The summed E-state index contributed by atoms with van der Waals surface area (Å²) in [5, 5.41) is 12.4. The molecule has 0 unspecified atom stereocenters. The number of benzene rings is 4. The minimum atomic E-state index is 0.588. The van der Waals surface area contributed by atoms with Crippen molar-refractivity contribution in [1.29, 1.82) is 5.26 Å². The second-order valence-corrected chi connectivity index (χ2v) is 9.05. The van der Waals surface area contributed by atoms with Crippen LogP contribution in [0.25, 0.3) is 50.0 Å². The fourth-order valence-electron chi connectivity index (χ4n) is 4.93. The number of aryl methyl sites for hydroxylation is 3. The minimum absolute atomic E-state index is 0.588. The van der Waals surface area contributed by atoms with Gasteiger partial charge in [-0.1, -0.05) is 60.2 Å². The highest BCUT2D eigenvalue weighted by Gasteiger charge is 2.17. The molecule has 0 bridgehead atoms. The van der Waals surface area contributed by atoms with Crippen LogP contribution >= 0.6 is 0 Å². The molecule has 5 nitrogen and oxygen atoms in total. The Morgan fingerprint density at radius 3 is 2.14 bits per heavy atom. The van der Waals surface area contributed by atoms with Gasteiger partial charge in [-0.05, 0) is 62.2 Å². The first-order chi connectivity index (χ1) is 17.5. The van der Waals surface area contributed by atoms with E-state index in [-0.39, 0.29) is 0 Å². The summed E-state index contributed by atoms with van der Waals surface area (Å²) in [7, 11) is 0. The zero-order valence-electron chi connectivity index (χ0n) is 20.3. The summed E-state index contributed by atoms with van der Waals surface area (Å²) < 4.78 is 2.19. The van der Waals surface area contributed by atoms with Gasteiger partial charge in [-0.15, -0.1) is 0 Å². The molecule has 0 aliphatic rings. The van der Waals surface area contributed by atoms with Crippen LogP contribution in [0.15, 0.2) is 84.9 Å². The molecule has 0 saturated heterocycles. The number of nitriles is 1. The zero-order chi connectivity index (χ0) is 24.8. The smallest absolute Gasteiger partial charge is 0.163 e. The van der Waals surface area contributed by atoms with Gasteiger partial charge in [0.2, 0.25) is 0 Å². The second kappa shape index (κ2) is 8.44. The van der Waals surface area contributed by atoms with Crippen molar-refractivity contribution in [2.24, 2.45) is 0 Å². The lowest BCUT2D eigenvalue weighted by molar-refractivity contribution is 0.928. The third-order valence-electron chi connectivity index (χ3n) is 6.50. The fraction of sp³-hybridized carbons (Fsp3) is 0.0968. The van der Waals surface area contributed by atoms with Crippen molar-refractivity contribution in [3.8, 4) is 34.3 Å². The summed E-state index contributed by atoms with van der Waals surface area (Å²) in [4.78, 5) is 13.4. The highest BCUT2D eigenvalue weighted by Crippen LogP contribution is 2.36. The monoisotopic (exact) mass is 465 g/mol. The molecule has 2 heterocycles. The number of nitrogens with zero attached hydrogens (tertiary/aromatic N) is 5. The molecule has 0 aliphatic heterocycles. The highest BCUT2D eigenvalue weighted by atomic mass is 15.0. The molecule has 36 heavy (non-hydrogen) atoms. The quantitative estimate of drug-likeness (QED) is 0.280. The Hall–Kier alpha value is -4.82. The van der Waals surface area contributed by atoms with Gasteiger partial charge in [0.25, 0.3) is 0 Å². The Balaban J connectivity index is 1.67. The largest absolute Gasteiger partial charge is 0.308 e. The van der Waals surface area contributed by atoms with Crippen LogP contribution in [0, 0.1) is 32.1 Å². The van der Waals surface area contributed by atoms with E-state index in [0.29, 0.717) is 23.0 Å². The van der Waals surface area contributed by atoms with E-state index in [1.807, 2.05) is 38.1 Å². The first-order valence-electron chi connectivity index (χ1n) is 11.9. The fourth-order valence-corrected chi connectivity index (χ4v) is 4.93. The number of hydrogen-bond acceptors (Lipinski definition) is 4. The molecular formula is C31H23N5. The van der Waals surface area contributed by atoms with Gasteiger partial charge in [0, 0.05) is 16.3 Å². The van der Waals surface area contributed by atoms with E-state index in [1.54, 1.807) is 0 Å². The Morgan fingerprint density at radius 2 is 1.36 bits per heavy atom. The third kappa shape index (κ3) is 3.60. The molecule has 0 atom stereocenters. The highest BCUT2D eigenvalue weighted by molar-refractivity contribution is 6.10. The van der Waals surface area contributed by atoms with Gasteiger partial charge in [-0.3, -0.25) is 0 Å². The average molecular weight is 466 g/mol. The number of rotatable bonds is 3. The van der Waals surface area contributed by atoms with Crippen LogP contribution in [0.2, 0.25) is 0 Å². The van der Waals surface area contributed by atoms with E-state index < -0.39 is 0 Å². The van der Waals surface area contributed by atoms with Crippen LogP contribution in [0.1, 0.15) is 22.8 Å². The van der Waals surface area contributed by atoms with E-state index in [2.05, 4.69) is 93.2 Å². The Labute approximate surface area is 209 Å². The van der Waals surface area contributed by atoms with Crippen LogP contribution in [0.3, 0.4) is 0 Å². The first-order valence-corrected chi connectivity index (χ1v) is 11.9. The number of hydrogen-bond donors (Lipinski definition) is 0. The number of para-hydroxylation sites is 1. The summed E-state index contributed by atoms with van der Waals surface area (Å²) >= 11 is 0. The Kier molecular flexibility index (Phi) is 5.09. The third-order valence-corrected chi connectivity index (χ3v) is 6.50. The average Bonchev–Trinajstić information content (AvgIpc) is 3.21. The van der Waals surface area contributed by atoms with E-state index >= 15 is 0 Å². The molecule has 6 aromatic rings. The van der Waals surface area contributed by atoms with Crippen molar-refractivity contribution in [3.05, 3.63) is 108 Å². The van der Waals surface area contributed by atoms with E-state index in [4.69, 9.17) is 0 Å². The normalized spacial score (nSPS) is 11.2. The molecule has 4 aromatic carbocycles. The van der Waals surface area contributed by atoms with Crippen molar-refractivity contribution >= 4 is 21.8 Å². The zero-order valence-corrected chi connectivity index (χ0v) is 20.3. The Bertz CT molecular complexity index is 1820. The van der Waals surface area contributed by atoms with Crippen LogP contribution < -0.4 is 0 Å². The summed E-state index contributed by atoms with van der Waals surface area (Å²) in [5.41, 5.74) is 7.85. The molecule has 0 N–H and O–H groups in total. The van der Waals surface area contributed by atoms with E-state index in [9.17, 15) is 5.26 Å². The predicted octanol–water partition coefficient (Wildman–Crippen LogP) is 7.10. The van der Waals surface area contributed by atoms with Gasteiger partial charge in [0.15, 0.2) is 5.82 Å². The van der Waals surface area contributed by atoms with Crippen LogP contribution in [0.4, 0.5) is 0 Å². The maximum absolute atomic E-state index is 10.1. The lowest BCUT2D eigenvalue weighted by Crippen LogP contribution is -2.02. The molecule has 0 spiro atoms. The molecule has 0 saturated carbocycles. The minimum Gasteiger partial charge on any atom is -0.308 e. The number of aromatic nitrogens is 4. The molecule has 2 aromatic heterocycles. The van der Waals surface area contributed by atoms with Crippen LogP contribution in [-0.2, 0) is 0 Å². The molecule has 6 rings (SSSR count). The van der Waals surface area contributed by atoms with Gasteiger partial charge in [-0.25, -0.2) is 15.0 Å². The van der Waals surface area contributed by atoms with Crippen molar-refractivity contribution < 1.29 is 0 Å². The van der Waals surface area contributed by atoms with Gasteiger partial charge in [0.05, 0.1) is 22.3 Å². The predicted molar refractivity (Wildman–Crippen MR) is 144 cm³/mol. The lowest BCUT2D eigenvalue weighted by atomic mass is 10.0. The maximum Gasteiger partial charge on any atom is 0.163 e. The van der Waals surface area contributed by atoms with Gasteiger partial charge in [0.1, 0.15) is 17.7 Å². The molecule has 0 radical (unpaired) electrons. The first kappa shape index (κ1) is 21.7.